The predicted octanol–water partition coefficient (Wildman–Crippen LogP) is 5.41. The minimum absolute atomic E-state index is 0.00197. The maximum absolute atomic E-state index is 13.6. The molecule has 1 fully saturated rings. The van der Waals surface area contributed by atoms with Gasteiger partial charge in [0.05, 0.1) is 0 Å². The number of hydrogen-bond donors (Lipinski definition) is 0. The maximum Gasteiger partial charge on any atom is 0.276 e. The second-order valence-corrected chi connectivity index (χ2v) is 8.03. The van der Waals surface area contributed by atoms with Crippen LogP contribution in [0.1, 0.15) is 47.5 Å². The fraction of sp³-hybridized carbons (Fsp3) is 0.292. The van der Waals surface area contributed by atoms with Crippen molar-refractivity contribution in [3.8, 4) is 11.5 Å². The Kier molecular flexibility index (Phi) is 5.48. The van der Waals surface area contributed by atoms with Gasteiger partial charge in [-0.1, -0.05) is 48.0 Å². The van der Waals surface area contributed by atoms with E-state index in [-0.39, 0.29) is 17.4 Å². The number of ketones is 1. The lowest BCUT2D eigenvalue weighted by Gasteiger charge is -2.43. The van der Waals surface area contributed by atoms with Crippen LogP contribution in [0.3, 0.4) is 0 Å². The van der Waals surface area contributed by atoms with Crippen LogP contribution in [0, 0.1) is 6.92 Å². The highest BCUT2D eigenvalue weighted by atomic mass is 35.5. The molecule has 1 saturated carbocycles. The zero-order valence-corrected chi connectivity index (χ0v) is 17.8. The van der Waals surface area contributed by atoms with E-state index in [4.69, 9.17) is 16.0 Å². The van der Waals surface area contributed by atoms with Crippen molar-refractivity contribution < 1.29 is 14.0 Å². The van der Waals surface area contributed by atoms with E-state index in [9.17, 15) is 9.59 Å². The average Bonchev–Trinajstić information content (AvgIpc) is 3.16. The summed E-state index contributed by atoms with van der Waals surface area (Å²) in [5.41, 5.74) is 0.557. The number of aromatic nitrogens is 1. The number of nitrogens with zero attached hydrogens (tertiary/aromatic N) is 2. The number of halogens is 1. The van der Waals surface area contributed by atoms with E-state index in [2.05, 4.69) is 4.98 Å². The summed E-state index contributed by atoms with van der Waals surface area (Å²) in [6.07, 6.45) is 2.59. The van der Waals surface area contributed by atoms with Crippen molar-refractivity contribution in [3.63, 3.8) is 0 Å². The molecule has 0 radical (unpaired) electrons. The Bertz CT molecular complexity index is 1090. The first-order chi connectivity index (χ1) is 14.4. The monoisotopic (exact) mass is 422 g/mol. The summed E-state index contributed by atoms with van der Waals surface area (Å²) < 4.78 is 5.78. The first-order valence-corrected chi connectivity index (χ1v) is 10.4. The number of oxazole rings is 1. The van der Waals surface area contributed by atoms with Crippen LogP contribution in [0.4, 0.5) is 0 Å². The highest BCUT2D eigenvalue weighted by molar-refractivity contribution is 6.31. The number of likely N-dealkylation sites (N-methyl/N-ethyl adjacent to an activating group) is 1. The summed E-state index contributed by atoms with van der Waals surface area (Å²) in [6.45, 7) is 1.71. The molecule has 0 bridgehead atoms. The van der Waals surface area contributed by atoms with Gasteiger partial charge in [-0.15, -0.1) is 0 Å². The fourth-order valence-electron chi connectivity index (χ4n) is 4.26. The number of rotatable bonds is 4. The van der Waals surface area contributed by atoms with Gasteiger partial charge in [0.15, 0.2) is 11.5 Å². The van der Waals surface area contributed by atoms with Gasteiger partial charge in [0.1, 0.15) is 11.3 Å². The average molecular weight is 423 g/mol. The zero-order chi connectivity index (χ0) is 21.3. The number of hydrogen-bond acceptors (Lipinski definition) is 4. The highest BCUT2D eigenvalue weighted by Crippen LogP contribution is 2.43. The van der Waals surface area contributed by atoms with Crippen LogP contribution in [0.2, 0.25) is 5.02 Å². The second kappa shape index (κ2) is 8.07. The summed E-state index contributed by atoms with van der Waals surface area (Å²) in [5, 5.41) is 0.481. The molecule has 6 heteroatoms. The molecular weight excluding hydrogens is 400 g/mol. The molecule has 0 aliphatic heterocycles. The smallest absolute Gasteiger partial charge is 0.276 e. The molecule has 1 amide bonds. The largest absolute Gasteiger partial charge is 0.441 e. The zero-order valence-electron chi connectivity index (χ0n) is 17.0. The van der Waals surface area contributed by atoms with Gasteiger partial charge in [-0.2, -0.15) is 0 Å². The molecule has 1 aliphatic carbocycles. The third-order valence-corrected chi connectivity index (χ3v) is 6.20. The van der Waals surface area contributed by atoms with Crippen LogP contribution < -0.4 is 0 Å². The minimum Gasteiger partial charge on any atom is -0.441 e. The number of benzene rings is 2. The fourth-order valence-corrected chi connectivity index (χ4v) is 4.55. The molecule has 1 unspecified atom stereocenters. The van der Waals surface area contributed by atoms with Crippen molar-refractivity contribution >= 4 is 23.3 Å². The number of carbonyl (C=O) groups is 2. The molecule has 1 aromatic heterocycles. The Hall–Kier alpha value is -2.92. The van der Waals surface area contributed by atoms with Gasteiger partial charge >= 0.3 is 0 Å². The van der Waals surface area contributed by atoms with E-state index in [0.29, 0.717) is 35.1 Å². The summed E-state index contributed by atoms with van der Waals surface area (Å²) in [7, 11) is 1.66. The molecule has 30 heavy (non-hydrogen) atoms. The first-order valence-electron chi connectivity index (χ1n) is 10.0. The Morgan fingerprint density at radius 3 is 2.50 bits per heavy atom. The number of aryl methyl sites for hydroxylation is 1. The second-order valence-electron chi connectivity index (χ2n) is 7.62. The van der Waals surface area contributed by atoms with Gasteiger partial charge in [-0.3, -0.25) is 9.59 Å². The van der Waals surface area contributed by atoms with Crippen molar-refractivity contribution in [3.05, 3.63) is 76.6 Å². The quantitative estimate of drug-likeness (QED) is 0.563. The van der Waals surface area contributed by atoms with Gasteiger partial charge in [0, 0.05) is 29.6 Å². The molecule has 1 atom stereocenters. The lowest BCUT2D eigenvalue weighted by molar-refractivity contribution is -0.132. The molecule has 2 aromatic carbocycles. The molecule has 5 nitrogen and oxygen atoms in total. The van der Waals surface area contributed by atoms with E-state index in [1.807, 2.05) is 48.5 Å². The van der Waals surface area contributed by atoms with E-state index in [1.165, 1.54) is 4.90 Å². The van der Waals surface area contributed by atoms with Crippen molar-refractivity contribution in [2.24, 2.45) is 0 Å². The molecular formula is C24H23ClN2O3. The molecule has 4 rings (SSSR count). The Labute approximate surface area is 180 Å². The van der Waals surface area contributed by atoms with E-state index >= 15 is 0 Å². The Balaban J connectivity index is 1.77. The number of Topliss-reactive ketones (excluding diaryl/α,β-unsaturated/α-hetero) is 1. The van der Waals surface area contributed by atoms with Gasteiger partial charge in [-0.25, -0.2) is 4.98 Å². The van der Waals surface area contributed by atoms with E-state index in [1.54, 1.807) is 20.0 Å². The third kappa shape index (κ3) is 3.33. The van der Waals surface area contributed by atoms with Gasteiger partial charge in [0.2, 0.25) is 5.89 Å². The van der Waals surface area contributed by atoms with Crippen LogP contribution in [-0.4, -0.2) is 28.6 Å². The molecule has 0 spiro atoms. The Morgan fingerprint density at radius 1 is 1.10 bits per heavy atom. The minimum atomic E-state index is -1.11. The predicted molar refractivity (Wildman–Crippen MR) is 115 cm³/mol. The van der Waals surface area contributed by atoms with Crippen molar-refractivity contribution in [2.45, 2.75) is 38.1 Å². The van der Waals surface area contributed by atoms with Crippen molar-refractivity contribution in [2.75, 3.05) is 7.05 Å². The standard InChI is InChI=1S/C24H23ClN2O3/c1-16-21(26-22(30-16)17-10-4-3-5-11-17)23(29)27(2)24(15-9-8-14-20(24)28)18-12-6-7-13-19(18)25/h3-7,10-13H,8-9,14-15H2,1-2H3. The lowest BCUT2D eigenvalue weighted by Crippen LogP contribution is -2.54. The molecule has 0 saturated heterocycles. The van der Waals surface area contributed by atoms with Crippen LogP contribution in [0.15, 0.2) is 59.0 Å². The number of amides is 1. The van der Waals surface area contributed by atoms with Gasteiger partial charge in [0.25, 0.3) is 5.91 Å². The van der Waals surface area contributed by atoms with E-state index in [0.717, 1.165) is 18.4 Å². The molecule has 1 heterocycles. The number of carbonyl (C=O) groups excluding carboxylic acids is 2. The summed E-state index contributed by atoms with van der Waals surface area (Å²) in [5.74, 6) is 0.450. The topological polar surface area (TPSA) is 63.4 Å². The summed E-state index contributed by atoms with van der Waals surface area (Å²) in [4.78, 5) is 32.8. The van der Waals surface area contributed by atoms with Gasteiger partial charge < -0.3 is 9.32 Å². The van der Waals surface area contributed by atoms with E-state index < -0.39 is 5.54 Å². The maximum atomic E-state index is 13.6. The molecule has 154 valence electrons. The first kappa shape index (κ1) is 20.4. The molecule has 0 N–H and O–H groups in total. The molecule has 1 aliphatic rings. The van der Waals surface area contributed by atoms with Gasteiger partial charge in [-0.05, 0) is 44.4 Å². The van der Waals surface area contributed by atoms with Crippen LogP contribution in [0.5, 0.6) is 0 Å². The Morgan fingerprint density at radius 2 is 1.80 bits per heavy atom. The summed E-state index contributed by atoms with van der Waals surface area (Å²) >= 11 is 6.50. The SMILES string of the molecule is Cc1oc(-c2ccccc2)nc1C(=O)N(C)C1(c2ccccc2Cl)CCCCC1=O. The lowest BCUT2D eigenvalue weighted by atomic mass is 9.74. The van der Waals surface area contributed by atoms with Crippen LogP contribution >= 0.6 is 11.6 Å². The summed E-state index contributed by atoms with van der Waals surface area (Å²) in [6, 6.07) is 16.7. The normalized spacial score (nSPS) is 19.0. The highest BCUT2D eigenvalue weighted by Gasteiger charge is 2.48. The van der Waals surface area contributed by atoms with Crippen LogP contribution in [-0.2, 0) is 10.3 Å². The molecule has 3 aromatic rings. The van der Waals surface area contributed by atoms with Crippen molar-refractivity contribution in [1.82, 2.24) is 9.88 Å². The third-order valence-electron chi connectivity index (χ3n) is 5.87. The van der Waals surface area contributed by atoms with Crippen molar-refractivity contribution in [1.29, 1.82) is 0 Å². The van der Waals surface area contributed by atoms with Crippen LogP contribution in [0.25, 0.3) is 11.5 Å².